The number of hydrogen-bond donors (Lipinski definition) is 2. The summed E-state index contributed by atoms with van der Waals surface area (Å²) >= 11 is 0. The lowest BCUT2D eigenvalue weighted by Crippen LogP contribution is -2.42. The number of aliphatic hydroxyl groups is 1. The predicted molar refractivity (Wildman–Crippen MR) is 82.7 cm³/mol. The number of hydrogen-bond acceptors (Lipinski definition) is 4. The number of pyridine rings is 1. The van der Waals surface area contributed by atoms with Crippen molar-refractivity contribution in [2.24, 2.45) is 0 Å². The van der Waals surface area contributed by atoms with Gasteiger partial charge in [0.1, 0.15) is 5.82 Å². The highest BCUT2D eigenvalue weighted by Crippen LogP contribution is 2.23. The zero-order chi connectivity index (χ0) is 14.4. The molecule has 0 spiro atoms. The number of aromatic nitrogens is 1. The molecule has 0 bridgehead atoms. The topological polar surface area (TPSA) is 48.4 Å². The Bertz CT molecular complexity index is 410. The Morgan fingerprint density at radius 2 is 2.20 bits per heavy atom. The summed E-state index contributed by atoms with van der Waals surface area (Å²) in [5.41, 5.74) is 1.25. The molecule has 4 nitrogen and oxygen atoms in total. The molecule has 1 saturated carbocycles. The van der Waals surface area contributed by atoms with E-state index in [-0.39, 0.29) is 6.10 Å². The fourth-order valence-electron chi connectivity index (χ4n) is 2.93. The lowest BCUT2D eigenvalue weighted by Gasteiger charge is -2.35. The molecule has 0 aliphatic heterocycles. The van der Waals surface area contributed by atoms with Crippen molar-refractivity contribution in [3.8, 4) is 0 Å². The van der Waals surface area contributed by atoms with Gasteiger partial charge in [-0.15, -0.1) is 0 Å². The van der Waals surface area contributed by atoms with E-state index in [0.717, 1.165) is 44.6 Å². The molecule has 2 unspecified atom stereocenters. The molecule has 0 saturated heterocycles. The first-order chi connectivity index (χ1) is 9.70. The van der Waals surface area contributed by atoms with Crippen LogP contribution in [0, 0.1) is 0 Å². The summed E-state index contributed by atoms with van der Waals surface area (Å²) in [5.74, 6) is 0.946. The first-order valence-electron chi connectivity index (χ1n) is 7.78. The van der Waals surface area contributed by atoms with E-state index in [4.69, 9.17) is 0 Å². The standard InChI is InChI=1S/C16H27N3O/c1-3-9-17-16-11-13(8-10-18-16)12-19(2)14-6-4-5-7-15(14)20/h8,10-11,14-15,20H,3-7,9,12H2,1-2H3,(H,17,18). The summed E-state index contributed by atoms with van der Waals surface area (Å²) in [4.78, 5) is 6.61. The van der Waals surface area contributed by atoms with E-state index in [2.05, 4.69) is 41.3 Å². The van der Waals surface area contributed by atoms with Crippen LogP contribution in [0.1, 0.15) is 44.6 Å². The van der Waals surface area contributed by atoms with Gasteiger partial charge in [0.25, 0.3) is 0 Å². The minimum Gasteiger partial charge on any atom is -0.391 e. The lowest BCUT2D eigenvalue weighted by atomic mass is 9.91. The maximum Gasteiger partial charge on any atom is 0.126 e. The van der Waals surface area contributed by atoms with Crippen molar-refractivity contribution in [2.75, 3.05) is 18.9 Å². The van der Waals surface area contributed by atoms with Crippen molar-refractivity contribution in [2.45, 2.75) is 57.7 Å². The second kappa shape index (κ2) is 7.60. The highest BCUT2D eigenvalue weighted by molar-refractivity contribution is 5.37. The van der Waals surface area contributed by atoms with Crippen molar-refractivity contribution in [1.82, 2.24) is 9.88 Å². The van der Waals surface area contributed by atoms with Crippen molar-refractivity contribution in [3.05, 3.63) is 23.9 Å². The molecular weight excluding hydrogens is 250 g/mol. The zero-order valence-corrected chi connectivity index (χ0v) is 12.7. The van der Waals surface area contributed by atoms with Gasteiger partial charge < -0.3 is 10.4 Å². The molecule has 1 aliphatic carbocycles. The average molecular weight is 277 g/mol. The van der Waals surface area contributed by atoms with Crippen molar-refractivity contribution < 1.29 is 5.11 Å². The normalized spacial score (nSPS) is 23.0. The summed E-state index contributed by atoms with van der Waals surface area (Å²) in [6.07, 6.45) is 7.21. The summed E-state index contributed by atoms with van der Waals surface area (Å²) in [6.45, 7) is 3.97. The van der Waals surface area contributed by atoms with Crippen LogP contribution in [0.4, 0.5) is 5.82 Å². The number of rotatable bonds is 6. The molecule has 1 aromatic heterocycles. The summed E-state index contributed by atoms with van der Waals surface area (Å²) in [6, 6.07) is 4.47. The molecule has 20 heavy (non-hydrogen) atoms. The minimum absolute atomic E-state index is 0.173. The summed E-state index contributed by atoms with van der Waals surface area (Å²) < 4.78 is 0. The molecule has 112 valence electrons. The zero-order valence-electron chi connectivity index (χ0n) is 12.7. The molecular formula is C16H27N3O. The quantitative estimate of drug-likeness (QED) is 0.839. The molecule has 2 atom stereocenters. The number of aliphatic hydroxyl groups excluding tert-OH is 1. The van der Waals surface area contributed by atoms with Crippen LogP contribution >= 0.6 is 0 Å². The maximum absolute atomic E-state index is 10.1. The molecule has 0 aromatic carbocycles. The molecule has 2 N–H and O–H groups in total. The monoisotopic (exact) mass is 277 g/mol. The van der Waals surface area contributed by atoms with Crippen LogP contribution in [0.15, 0.2) is 18.3 Å². The Morgan fingerprint density at radius 1 is 1.40 bits per heavy atom. The molecule has 0 radical (unpaired) electrons. The molecule has 1 fully saturated rings. The van der Waals surface area contributed by atoms with Crippen molar-refractivity contribution in [3.63, 3.8) is 0 Å². The van der Waals surface area contributed by atoms with Gasteiger partial charge in [0.2, 0.25) is 0 Å². The van der Waals surface area contributed by atoms with Crippen LogP contribution in [0.5, 0.6) is 0 Å². The molecule has 4 heteroatoms. The first-order valence-corrected chi connectivity index (χ1v) is 7.78. The van der Waals surface area contributed by atoms with Gasteiger partial charge in [0.05, 0.1) is 6.10 Å². The highest BCUT2D eigenvalue weighted by atomic mass is 16.3. The van der Waals surface area contributed by atoms with E-state index in [0.29, 0.717) is 6.04 Å². The van der Waals surface area contributed by atoms with Gasteiger partial charge in [-0.3, -0.25) is 4.90 Å². The fraction of sp³-hybridized carbons (Fsp3) is 0.688. The SMILES string of the molecule is CCCNc1cc(CN(C)C2CCCCC2O)ccn1. The molecule has 1 aromatic rings. The van der Waals surface area contributed by atoms with Crippen LogP contribution in [0.25, 0.3) is 0 Å². The van der Waals surface area contributed by atoms with Gasteiger partial charge in [-0.2, -0.15) is 0 Å². The van der Waals surface area contributed by atoms with Gasteiger partial charge >= 0.3 is 0 Å². The Kier molecular flexibility index (Phi) is 5.80. The Labute approximate surface area is 122 Å². The van der Waals surface area contributed by atoms with Gasteiger partial charge in [-0.25, -0.2) is 4.98 Å². The fourth-order valence-corrected chi connectivity index (χ4v) is 2.93. The predicted octanol–water partition coefficient (Wildman–Crippen LogP) is 2.64. The largest absolute Gasteiger partial charge is 0.391 e. The van der Waals surface area contributed by atoms with Crippen LogP contribution in [-0.2, 0) is 6.54 Å². The van der Waals surface area contributed by atoms with E-state index in [1.807, 2.05) is 6.20 Å². The second-order valence-electron chi connectivity index (χ2n) is 5.81. The second-order valence-corrected chi connectivity index (χ2v) is 5.81. The van der Waals surface area contributed by atoms with Gasteiger partial charge in [-0.05, 0) is 44.0 Å². The van der Waals surface area contributed by atoms with Gasteiger partial charge in [0.15, 0.2) is 0 Å². The van der Waals surface area contributed by atoms with Crippen LogP contribution in [-0.4, -0.2) is 40.7 Å². The third-order valence-corrected chi connectivity index (χ3v) is 4.07. The number of nitrogens with zero attached hydrogens (tertiary/aromatic N) is 2. The molecule has 1 heterocycles. The van der Waals surface area contributed by atoms with Crippen molar-refractivity contribution in [1.29, 1.82) is 0 Å². The van der Waals surface area contributed by atoms with Crippen LogP contribution in [0.3, 0.4) is 0 Å². The van der Waals surface area contributed by atoms with Gasteiger partial charge in [-0.1, -0.05) is 19.8 Å². The third-order valence-electron chi connectivity index (χ3n) is 4.07. The van der Waals surface area contributed by atoms with Crippen LogP contribution in [0.2, 0.25) is 0 Å². The minimum atomic E-state index is -0.173. The average Bonchev–Trinajstić information content (AvgIpc) is 2.46. The molecule has 2 rings (SSSR count). The smallest absolute Gasteiger partial charge is 0.126 e. The van der Waals surface area contributed by atoms with Crippen molar-refractivity contribution >= 4 is 5.82 Å². The first kappa shape index (κ1) is 15.3. The van der Waals surface area contributed by atoms with Crippen LogP contribution < -0.4 is 5.32 Å². The Hall–Kier alpha value is -1.13. The molecule has 0 amide bonds. The van der Waals surface area contributed by atoms with E-state index in [1.54, 1.807) is 0 Å². The highest BCUT2D eigenvalue weighted by Gasteiger charge is 2.26. The Morgan fingerprint density at radius 3 is 2.95 bits per heavy atom. The van der Waals surface area contributed by atoms with Gasteiger partial charge in [0, 0.05) is 25.3 Å². The van der Waals surface area contributed by atoms with E-state index >= 15 is 0 Å². The third kappa shape index (κ3) is 4.18. The van der Waals surface area contributed by atoms with E-state index in [9.17, 15) is 5.11 Å². The number of anilines is 1. The molecule has 1 aliphatic rings. The van der Waals surface area contributed by atoms with E-state index < -0.39 is 0 Å². The summed E-state index contributed by atoms with van der Waals surface area (Å²) in [7, 11) is 2.11. The number of likely N-dealkylation sites (N-methyl/N-ethyl adjacent to an activating group) is 1. The number of nitrogens with one attached hydrogen (secondary N) is 1. The maximum atomic E-state index is 10.1. The summed E-state index contributed by atoms with van der Waals surface area (Å²) in [5, 5.41) is 13.4. The van der Waals surface area contributed by atoms with E-state index in [1.165, 1.54) is 12.0 Å². The lowest BCUT2D eigenvalue weighted by molar-refractivity contribution is 0.0288. The Balaban J connectivity index is 1.94.